The van der Waals surface area contributed by atoms with Crippen molar-refractivity contribution in [2.75, 3.05) is 11.5 Å². The van der Waals surface area contributed by atoms with Crippen molar-refractivity contribution in [2.24, 2.45) is 0 Å². The zero-order chi connectivity index (χ0) is 14.2. The van der Waals surface area contributed by atoms with Crippen LogP contribution in [0.5, 0.6) is 0 Å². The summed E-state index contributed by atoms with van der Waals surface area (Å²) in [4.78, 5) is 10.3. The number of rotatable bonds is 12. The standard InChI is InChI=1S/C16H28O2S/c1-2-3-4-5-6-7-8-9-10-11-12-13-14-19-15-16(17)18/h2-6,9-15H2,1H3,(H,17,18). The summed E-state index contributed by atoms with van der Waals surface area (Å²) >= 11 is 1.52. The van der Waals surface area contributed by atoms with Gasteiger partial charge in [0, 0.05) is 12.8 Å². The first-order valence-corrected chi connectivity index (χ1v) is 8.68. The summed E-state index contributed by atoms with van der Waals surface area (Å²) in [5.41, 5.74) is 0. The molecule has 0 heterocycles. The number of hydrogen-bond donors (Lipinski definition) is 1. The van der Waals surface area contributed by atoms with Crippen molar-refractivity contribution in [1.29, 1.82) is 0 Å². The molecule has 0 unspecified atom stereocenters. The molecule has 0 aliphatic carbocycles. The second-order valence-electron chi connectivity index (χ2n) is 4.77. The summed E-state index contributed by atoms with van der Waals surface area (Å²) in [6.07, 6.45) is 12.0. The van der Waals surface area contributed by atoms with Gasteiger partial charge in [-0.05, 0) is 25.0 Å². The van der Waals surface area contributed by atoms with Crippen LogP contribution in [-0.4, -0.2) is 22.6 Å². The van der Waals surface area contributed by atoms with Gasteiger partial charge in [0.2, 0.25) is 0 Å². The van der Waals surface area contributed by atoms with Crippen LogP contribution in [0.2, 0.25) is 0 Å². The average molecular weight is 284 g/mol. The van der Waals surface area contributed by atoms with Gasteiger partial charge in [0.15, 0.2) is 0 Å². The number of aliphatic carboxylic acids is 1. The SMILES string of the molecule is CCCCCCC#CCCCCCCSCC(=O)O. The molecule has 19 heavy (non-hydrogen) atoms. The predicted molar refractivity (Wildman–Crippen MR) is 84.6 cm³/mol. The molecule has 0 spiro atoms. The van der Waals surface area contributed by atoms with E-state index in [9.17, 15) is 4.79 Å². The van der Waals surface area contributed by atoms with E-state index in [0.29, 0.717) is 0 Å². The van der Waals surface area contributed by atoms with Crippen molar-refractivity contribution in [2.45, 2.75) is 71.1 Å². The molecule has 0 atom stereocenters. The second-order valence-corrected chi connectivity index (χ2v) is 5.88. The van der Waals surface area contributed by atoms with Gasteiger partial charge in [-0.1, -0.05) is 39.0 Å². The fraction of sp³-hybridized carbons (Fsp3) is 0.812. The molecule has 0 rings (SSSR count). The first-order valence-electron chi connectivity index (χ1n) is 7.52. The second kappa shape index (κ2) is 15.4. The summed E-state index contributed by atoms with van der Waals surface area (Å²) < 4.78 is 0. The highest BCUT2D eigenvalue weighted by atomic mass is 32.2. The van der Waals surface area contributed by atoms with Gasteiger partial charge in [-0.15, -0.1) is 11.8 Å². The Morgan fingerprint density at radius 3 is 2.11 bits per heavy atom. The van der Waals surface area contributed by atoms with Crippen LogP contribution in [0.25, 0.3) is 0 Å². The molecule has 0 aliphatic heterocycles. The number of carboxylic acids is 1. The van der Waals surface area contributed by atoms with E-state index < -0.39 is 5.97 Å². The van der Waals surface area contributed by atoms with Crippen LogP contribution in [0.4, 0.5) is 0 Å². The van der Waals surface area contributed by atoms with Crippen molar-refractivity contribution in [3.63, 3.8) is 0 Å². The molecule has 0 saturated heterocycles. The number of unbranched alkanes of at least 4 members (excludes halogenated alkanes) is 8. The van der Waals surface area contributed by atoms with Gasteiger partial charge in [0.25, 0.3) is 0 Å². The minimum Gasteiger partial charge on any atom is -0.481 e. The highest BCUT2D eigenvalue weighted by molar-refractivity contribution is 7.99. The van der Waals surface area contributed by atoms with E-state index in [1.54, 1.807) is 0 Å². The third-order valence-electron chi connectivity index (χ3n) is 2.85. The summed E-state index contributed by atoms with van der Waals surface area (Å²) in [5.74, 6) is 6.99. The molecule has 1 N–H and O–H groups in total. The highest BCUT2D eigenvalue weighted by Crippen LogP contribution is 2.08. The van der Waals surface area contributed by atoms with Crippen LogP contribution >= 0.6 is 11.8 Å². The highest BCUT2D eigenvalue weighted by Gasteiger charge is 1.96. The van der Waals surface area contributed by atoms with Gasteiger partial charge in [-0.25, -0.2) is 0 Å². The summed E-state index contributed by atoms with van der Waals surface area (Å²) in [6, 6.07) is 0. The molecule has 0 aromatic heterocycles. The Bertz CT molecular complexity index is 266. The zero-order valence-electron chi connectivity index (χ0n) is 12.2. The maximum atomic E-state index is 10.3. The Hall–Kier alpha value is -0.620. The first-order chi connectivity index (χ1) is 9.27. The average Bonchev–Trinajstić information content (AvgIpc) is 2.39. The van der Waals surface area contributed by atoms with E-state index in [1.807, 2.05) is 0 Å². The Kier molecular flexibility index (Phi) is 14.9. The zero-order valence-corrected chi connectivity index (χ0v) is 13.1. The third-order valence-corrected chi connectivity index (χ3v) is 3.87. The minimum atomic E-state index is -0.709. The predicted octanol–water partition coefficient (Wildman–Crippen LogP) is 4.73. The molecule has 0 amide bonds. The Labute approximate surface area is 122 Å². The lowest BCUT2D eigenvalue weighted by Crippen LogP contribution is -1.98. The van der Waals surface area contributed by atoms with Crippen LogP contribution in [0.1, 0.15) is 71.1 Å². The normalized spacial score (nSPS) is 9.95. The molecular weight excluding hydrogens is 256 g/mol. The Morgan fingerprint density at radius 2 is 1.53 bits per heavy atom. The molecule has 110 valence electrons. The third kappa shape index (κ3) is 17.4. The number of hydrogen-bond acceptors (Lipinski definition) is 2. The van der Waals surface area contributed by atoms with E-state index in [2.05, 4.69) is 18.8 Å². The quantitative estimate of drug-likeness (QED) is 0.416. The van der Waals surface area contributed by atoms with Crippen molar-refractivity contribution in [1.82, 2.24) is 0 Å². The lowest BCUT2D eigenvalue weighted by Gasteiger charge is -1.98. The topological polar surface area (TPSA) is 37.3 Å². The van der Waals surface area contributed by atoms with E-state index >= 15 is 0 Å². The van der Waals surface area contributed by atoms with E-state index in [1.165, 1.54) is 56.7 Å². The maximum absolute atomic E-state index is 10.3. The number of carbonyl (C=O) groups is 1. The van der Waals surface area contributed by atoms with Gasteiger partial charge < -0.3 is 5.11 Å². The van der Waals surface area contributed by atoms with E-state index in [0.717, 1.165) is 25.0 Å². The smallest absolute Gasteiger partial charge is 0.313 e. The van der Waals surface area contributed by atoms with Crippen molar-refractivity contribution < 1.29 is 9.90 Å². The van der Waals surface area contributed by atoms with Crippen LogP contribution in [0.15, 0.2) is 0 Å². The fourth-order valence-corrected chi connectivity index (χ4v) is 2.47. The molecule has 0 fully saturated rings. The minimum absolute atomic E-state index is 0.240. The molecule has 0 aromatic carbocycles. The van der Waals surface area contributed by atoms with E-state index in [-0.39, 0.29) is 5.75 Å². The van der Waals surface area contributed by atoms with Crippen molar-refractivity contribution >= 4 is 17.7 Å². The Balaban J connectivity index is 3.10. The largest absolute Gasteiger partial charge is 0.481 e. The fourth-order valence-electron chi connectivity index (χ4n) is 1.75. The van der Waals surface area contributed by atoms with Crippen molar-refractivity contribution in [3.05, 3.63) is 0 Å². The van der Waals surface area contributed by atoms with Crippen LogP contribution in [-0.2, 0) is 4.79 Å². The van der Waals surface area contributed by atoms with Gasteiger partial charge in [-0.3, -0.25) is 4.79 Å². The van der Waals surface area contributed by atoms with Crippen LogP contribution in [0, 0.1) is 11.8 Å². The van der Waals surface area contributed by atoms with E-state index in [4.69, 9.17) is 5.11 Å². The molecule has 2 nitrogen and oxygen atoms in total. The summed E-state index contributed by atoms with van der Waals surface area (Å²) in [7, 11) is 0. The molecule has 0 aliphatic rings. The molecule has 0 saturated carbocycles. The lowest BCUT2D eigenvalue weighted by atomic mass is 10.1. The number of carboxylic acid groups (broad SMARTS) is 1. The molecular formula is C16H28O2S. The monoisotopic (exact) mass is 284 g/mol. The van der Waals surface area contributed by atoms with Gasteiger partial charge >= 0.3 is 5.97 Å². The molecule has 0 radical (unpaired) electrons. The Morgan fingerprint density at radius 1 is 0.947 bits per heavy atom. The van der Waals surface area contributed by atoms with Crippen LogP contribution in [0.3, 0.4) is 0 Å². The maximum Gasteiger partial charge on any atom is 0.313 e. The molecule has 0 aromatic rings. The summed E-state index contributed by atoms with van der Waals surface area (Å²) in [6.45, 7) is 2.23. The number of thioether (sulfide) groups is 1. The molecule has 0 bridgehead atoms. The first kappa shape index (κ1) is 18.4. The lowest BCUT2D eigenvalue weighted by molar-refractivity contribution is -0.133. The van der Waals surface area contributed by atoms with Crippen LogP contribution < -0.4 is 0 Å². The van der Waals surface area contributed by atoms with Gasteiger partial charge in [0.05, 0.1) is 5.75 Å². The van der Waals surface area contributed by atoms with Crippen molar-refractivity contribution in [3.8, 4) is 11.8 Å². The van der Waals surface area contributed by atoms with Gasteiger partial charge in [-0.2, -0.15) is 11.8 Å². The molecule has 3 heteroatoms. The van der Waals surface area contributed by atoms with Gasteiger partial charge in [0.1, 0.15) is 0 Å². The summed E-state index contributed by atoms with van der Waals surface area (Å²) in [5, 5.41) is 8.47.